The summed E-state index contributed by atoms with van der Waals surface area (Å²) in [6, 6.07) is 11.1. The Balaban J connectivity index is 2.00. The van der Waals surface area contributed by atoms with Gasteiger partial charge < -0.3 is 4.52 Å². The molecule has 0 aliphatic heterocycles. The highest BCUT2D eigenvalue weighted by Crippen LogP contribution is 2.43. The van der Waals surface area contributed by atoms with Gasteiger partial charge in [0.25, 0.3) is 0 Å². The molecule has 30 heavy (non-hydrogen) atoms. The first-order valence-corrected chi connectivity index (χ1v) is 9.12. The summed E-state index contributed by atoms with van der Waals surface area (Å²) in [5, 5.41) is 4.14. The Morgan fingerprint density at radius 1 is 1.13 bits per heavy atom. The van der Waals surface area contributed by atoms with Crippen molar-refractivity contribution < 1.29 is 18.1 Å². The summed E-state index contributed by atoms with van der Waals surface area (Å²) in [5.41, 5.74) is 1.20. The van der Waals surface area contributed by atoms with Gasteiger partial charge in [0.15, 0.2) is 0 Å². The number of hydrogen-bond acceptors (Lipinski definition) is 5. The van der Waals surface area contributed by atoms with Gasteiger partial charge in [0.1, 0.15) is 23.7 Å². The molecule has 0 saturated carbocycles. The lowest BCUT2D eigenvalue weighted by atomic mass is 10.0. The summed E-state index contributed by atoms with van der Waals surface area (Å²) < 4.78 is 33.6. The van der Waals surface area contributed by atoms with Crippen molar-refractivity contribution in [1.82, 2.24) is 15.1 Å². The van der Waals surface area contributed by atoms with Gasteiger partial charge >= 0.3 is 0 Å². The maximum Gasteiger partial charge on any atom is 0.248 e. The highest BCUT2D eigenvalue weighted by Gasteiger charge is 2.30. The van der Waals surface area contributed by atoms with Crippen LogP contribution in [0.5, 0.6) is 0 Å². The van der Waals surface area contributed by atoms with Crippen LogP contribution in [0.25, 0.3) is 22.5 Å². The van der Waals surface area contributed by atoms with Crippen molar-refractivity contribution in [2.24, 2.45) is 0 Å². The van der Waals surface area contributed by atoms with Crippen LogP contribution in [0.4, 0.5) is 20.4 Å². The number of amides is 1. The molecule has 0 saturated heterocycles. The van der Waals surface area contributed by atoms with Crippen LogP contribution in [0.1, 0.15) is 6.92 Å². The van der Waals surface area contributed by atoms with E-state index in [-0.39, 0.29) is 27.9 Å². The van der Waals surface area contributed by atoms with Gasteiger partial charge in [-0.2, -0.15) is 0 Å². The van der Waals surface area contributed by atoms with Crippen molar-refractivity contribution in [3.63, 3.8) is 0 Å². The lowest BCUT2D eigenvalue weighted by Crippen LogP contribution is -2.24. The molecular formula is C21H13ClF2N4O2. The number of nitrogens with zero attached hydrogens (tertiary/aromatic N) is 4. The van der Waals surface area contributed by atoms with Crippen LogP contribution in [0.2, 0.25) is 5.02 Å². The first kappa shape index (κ1) is 19.7. The van der Waals surface area contributed by atoms with E-state index in [0.717, 1.165) is 11.0 Å². The molecule has 0 aliphatic rings. The molecule has 0 fully saturated rings. The Bertz CT molecular complexity index is 1230. The summed E-state index contributed by atoms with van der Waals surface area (Å²) in [6.07, 6.45) is 2.81. The van der Waals surface area contributed by atoms with Crippen LogP contribution in [0.3, 0.4) is 0 Å². The third-order valence-electron chi connectivity index (χ3n) is 4.31. The number of rotatable bonds is 4. The fourth-order valence-electron chi connectivity index (χ4n) is 3.02. The molecule has 0 unspecified atom stereocenters. The molecule has 0 aliphatic carbocycles. The van der Waals surface area contributed by atoms with Crippen LogP contribution >= 0.6 is 11.6 Å². The third kappa shape index (κ3) is 3.53. The largest absolute Gasteiger partial charge is 0.336 e. The van der Waals surface area contributed by atoms with E-state index in [2.05, 4.69) is 15.1 Å². The molecule has 0 atom stereocenters. The number of benzene rings is 2. The van der Waals surface area contributed by atoms with Crippen LogP contribution in [0, 0.1) is 11.6 Å². The molecule has 0 radical (unpaired) electrons. The summed E-state index contributed by atoms with van der Waals surface area (Å²) in [4.78, 5) is 21.7. The number of halogens is 3. The van der Waals surface area contributed by atoms with E-state index in [4.69, 9.17) is 16.1 Å². The SMILES string of the molecule is CC(=O)N(c1ccccc1F)c1onc(-c2ccc(F)cc2Cl)c1-c1ccncn1. The molecule has 1 amide bonds. The molecule has 0 N–H and O–H groups in total. The molecule has 150 valence electrons. The monoisotopic (exact) mass is 426 g/mol. The van der Waals surface area contributed by atoms with Crippen LogP contribution in [-0.2, 0) is 4.79 Å². The van der Waals surface area contributed by atoms with Crippen molar-refractivity contribution in [3.05, 3.63) is 77.7 Å². The van der Waals surface area contributed by atoms with Crippen LogP contribution in [-0.4, -0.2) is 21.0 Å². The quantitative estimate of drug-likeness (QED) is 0.436. The van der Waals surface area contributed by atoms with Gasteiger partial charge in [-0.1, -0.05) is 28.9 Å². The topological polar surface area (TPSA) is 72.1 Å². The molecule has 6 nitrogen and oxygen atoms in total. The second-order valence-corrected chi connectivity index (χ2v) is 6.64. The number of anilines is 2. The van der Waals surface area contributed by atoms with Gasteiger partial charge in [0.2, 0.25) is 11.8 Å². The lowest BCUT2D eigenvalue weighted by Gasteiger charge is -2.19. The fourth-order valence-corrected chi connectivity index (χ4v) is 3.28. The Hall–Kier alpha value is -3.65. The fraction of sp³-hybridized carbons (Fsp3) is 0.0476. The van der Waals surface area contributed by atoms with E-state index in [0.29, 0.717) is 11.3 Å². The van der Waals surface area contributed by atoms with Crippen molar-refractivity contribution in [2.75, 3.05) is 4.90 Å². The van der Waals surface area contributed by atoms with Crippen LogP contribution in [0.15, 0.2) is 65.6 Å². The van der Waals surface area contributed by atoms with Gasteiger partial charge in [-0.3, -0.25) is 4.79 Å². The first-order chi connectivity index (χ1) is 14.5. The first-order valence-electron chi connectivity index (χ1n) is 8.74. The third-order valence-corrected chi connectivity index (χ3v) is 4.62. The Kier molecular flexibility index (Phi) is 5.24. The minimum Gasteiger partial charge on any atom is -0.336 e. The lowest BCUT2D eigenvalue weighted by molar-refractivity contribution is -0.116. The Morgan fingerprint density at radius 2 is 1.93 bits per heavy atom. The maximum atomic E-state index is 14.5. The second kappa shape index (κ2) is 8.00. The standard InChI is InChI=1S/C21H13ClF2N4O2/c1-12(29)28(18-5-3-2-4-16(18)24)21-19(17-8-9-25-11-26-17)20(27-30-21)14-7-6-13(23)10-15(14)22/h2-11H,1H3. The van der Waals surface area contributed by atoms with E-state index in [9.17, 15) is 13.6 Å². The maximum absolute atomic E-state index is 14.5. The smallest absolute Gasteiger partial charge is 0.248 e. The molecule has 2 heterocycles. The zero-order chi connectivity index (χ0) is 21.3. The van der Waals surface area contributed by atoms with E-state index in [1.807, 2.05) is 0 Å². The zero-order valence-corrected chi connectivity index (χ0v) is 16.3. The van der Waals surface area contributed by atoms with E-state index >= 15 is 0 Å². The van der Waals surface area contributed by atoms with Gasteiger partial charge in [-0.25, -0.2) is 23.6 Å². The molecule has 2 aromatic heterocycles. The summed E-state index contributed by atoms with van der Waals surface area (Å²) in [5.74, 6) is -1.71. The summed E-state index contributed by atoms with van der Waals surface area (Å²) >= 11 is 6.22. The number of carbonyl (C=O) groups excluding carboxylic acids is 1. The highest BCUT2D eigenvalue weighted by atomic mass is 35.5. The van der Waals surface area contributed by atoms with Gasteiger partial charge in [0, 0.05) is 18.7 Å². The molecular weight excluding hydrogens is 414 g/mol. The molecule has 4 rings (SSSR count). The van der Waals surface area contributed by atoms with Gasteiger partial charge in [0.05, 0.1) is 22.0 Å². The van der Waals surface area contributed by atoms with E-state index < -0.39 is 17.5 Å². The average Bonchev–Trinajstić information content (AvgIpc) is 3.14. The van der Waals surface area contributed by atoms with Gasteiger partial charge in [-0.15, -0.1) is 0 Å². The number of carbonyl (C=O) groups is 1. The molecule has 4 aromatic rings. The minimum absolute atomic E-state index is 0.0202. The number of para-hydroxylation sites is 1. The molecule has 0 bridgehead atoms. The van der Waals surface area contributed by atoms with Crippen LogP contribution < -0.4 is 4.90 Å². The Morgan fingerprint density at radius 3 is 2.60 bits per heavy atom. The normalized spacial score (nSPS) is 10.8. The van der Waals surface area contributed by atoms with Crippen molar-refractivity contribution >= 4 is 29.1 Å². The highest BCUT2D eigenvalue weighted by molar-refractivity contribution is 6.33. The molecule has 0 spiro atoms. The summed E-state index contributed by atoms with van der Waals surface area (Å²) in [7, 11) is 0. The van der Waals surface area contributed by atoms with Crippen molar-refractivity contribution in [2.45, 2.75) is 6.92 Å². The molecule has 2 aromatic carbocycles. The van der Waals surface area contributed by atoms with Crippen molar-refractivity contribution in [3.8, 4) is 22.5 Å². The predicted molar refractivity (Wildman–Crippen MR) is 107 cm³/mol. The van der Waals surface area contributed by atoms with Gasteiger partial charge in [-0.05, 0) is 36.4 Å². The number of aromatic nitrogens is 3. The second-order valence-electron chi connectivity index (χ2n) is 6.24. The minimum atomic E-state index is -0.626. The zero-order valence-electron chi connectivity index (χ0n) is 15.5. The van der Waals surface area contributed by atoms with Crippen molar-refractivity contribution in [1.29, 1.82) is 0 Å². The van der Waals surface area contributed by atoms with E-state index in [1.54, 1.807) is 12.1 Å². The number of hydrogen-bond donors (Lipinski definition) is 0. The van der Waals surface area contributed by atoms with E-state index in [1.165, 1.54) is 49.8 Å². The Labute approximate surface area is 174 Å². The molecule has 9 heteroatoms. The predicted octanol–water partition coefficient (Wildman–Crippen LogP) is 5.41. The summed E-state index contributed by atoms with van der Waals surface area (Å²) in [6.45, 7) is 1.27. The average molecular weight is 427 g/mol.